The number of fused-ring (bicyclic) bond motifs is 2. The van der Waals surface area contributed by atoms with E-state index in [1.54, 1.807) is 0 Å². The Kier molecular flexibility index (Phi) is 3.99. The molecule has 0 bridgehead atoms. The Bertz CT molecular complexity index is 950. The van der Waals surface area contributed by atoms with E-state index in [4.69, 9.17) is 4.74 Å². The predicted molar refractivity (Wildman–Crippen MR) is 109 cm³/mol. The van der Waals surface area contributed by atoms with Crippen molar-refractivity contribution >= 4 is 17.7 Å². The number of benzene rings is 2. The first kappa shape index (κ1) is 17.6. The molecule has 1 atom stereocenters. The van der Waals surface area contributed by atoms with E-state index in [0.717, 1.165) is 22.4 Å². The summed E-state index contributed by atoms with van der Waals surface area (Å²) in [6, 6.07) is 16.2. The maximum atomic E-state index is 13.4. The molecule has 2 aromatic rings. The zero-order valence-electron chi connectivity index (χ0n) is 16.3. The van der Waals surface area contributed by atoms with Gasteiger partial charge in [0.25, 0.3) is 5.91 Å². The van der Waals surface area contributed by atoms with Gasteiger partial charge in [-0.25, -0.2) is 0 Å². The molecule has 1 unspecified atom stereocenters. The van der Waals surface area contributed by atoms with Gasteiger partial charge in [-0.2, -0.15) is 0 Å². The number of nitrogens with zero attached hydrogens (tertiary/aromatic N) is 1. The molecule has 138 valence electrons. The number of anilines is 1. The number of carbonyl (C=O) groups is 1. The maximum Gasteiger partial charge on any atom is 0.280 e. The third-order valence-corrected chi connectivity index (χ3v) is 5.26. The molecule has 27 heavy (non-hydrogen) atoms. The molecule has 2 aliphatic rings. The first-order valence-electron chi connectivity index (χ1n) is 9.48. The van der Waals surface area contributed by atoms with Crippen LogP contribution in [-0.4, -0.2) is 12.5 Å². The summed E-state index contributed by atoms with van der Waals surface area (Å²) in [6.07, 6.45) is 5.83. The fourth-order valence-electron chi connectivity index (χ4n) is 4.00. The second kappa shape index (κ2) is 6.12. The summed E-state index contributed by atoms with van der Waals surface area (Å²) in [5.41, 5.74) is 2.99. The molecule has 2 aromatic carbocycles. The van der Waals surface area contributed by atoms with Crippen LogP contribution in [0, 0.1) is 0 Å². The third kappa shape index (κ3) is 2.69. The quantitative estimate of drug-likeness (QED) is 0.740. The largest absolute Gasteiger partial charge is 0.468 e. The first-order valence-corrected chi connectivity index (χ1v) is 9.48. The normalized spacial score (nSPS) is 22.6. The van der Waals surface area contributed by atoms with Crippen molar-refractivity contribution < 1.29 is 9.53 Å². The third-order valence-electron chi connectivity index (χ3n) is 5.26. The van der Waals surface area contributed by atoms with Crippen molar-refractivity contribution in [1.29, 1.82) is 0 Å². The second-order valence-electron chi connectivity index (χ2n) is 8.13. The van der Waals surface area contributed by atoms with Gasteiger partial charge in [-0.1, -0.05) is 63.2 Å². The lowest BCUT2D eigenvalue weighted by Crippen LogP contribution is -2.39. The Hall–Kier alpha value is -2.81. The zero-order valence-corrected chi connectivity index (χ0v) is 16.3. The molecule has 0 radical (unpaired) electrons. The van der Waals surface area contributed by atoms with Crippen molar-refractivity contribution in [2.45, 2.75) is 38.7 Å². The van der Waals surface area contributed by atoms with Gasteiger partial charge in [-0.3, -0.25) is 4.79 Å². The van der Waals surface area contributed by atoms with Crippen LogP contribution in [0.5, 0.6) is 0 Å². The first-order chi connectivity index (χ1) is 12.9. The lowest BCUT2D eigenvalue weighted by atomic mass is 9.79. The monoisotopic (exact) mass is 359 g/mol. The fourth-order valence-corrected chi connectivity index (χ4v) is 4.00. The van der Waals surface area contributed by atoms with Crippen molar-refractivity contribution in [2.75, 3.05) is 11.4 Å². The molecule has 0 aliphatic carbocycles. The maximum absolute atomic E-state index is 13.4. The van der Waals surface area contributed by atoms with Gasteiger partial charge in [0.15, 0.2) is 0 Å². The summed E-state index contributed by atoms with van der Waals surface area (Å²) < 4.78 is 6.38. The van der Waals surface area contributed by atoms with Gasteiger partial charge >= 0.3 is 0 Å². The number of likely N-dealkylation sites (N-methyl/N-ethyl adjacent to an activating group) is 1. The van der Waals surface area contributed by atoms with Gasteiger partial charge in [-0.05, 0) is 47.8 Å². The van der Waals surface area contributed by atoms with E-state index in [-0.39, 0.29) is 11.3 Å². The van der Waals surface area contributed by atoms with Crippen LogP contribution in [0.3, 0.4) is 0 Å². The second-order valence-corrected chi connectivity index (χ2v) is 8.13. The van der Waals surface area contributed by atoms with E-state index >= 15 is 0 Å². The number of ether oxygens (including phenoxy) is 1. The van der Waals surface area contributed by atoms with Crippen LogP contribution in [-0.2, 0) is 20.5 Å². The highest BCUT2D eigenvalue weighted by atomic mass is 16.5. The van der Waals surface area contributed by atoms with Gasteiger partial charge in [-0.15, -0.1) is 0 Å². The Morgan fingerprint density at radius 1 is 1.07 bits per heavy atom. The van der Waals surface area contributed by atoms with Gasteiger partial charge in [0.05, 0.1) is 5.69 Å². The number of hydrogen-bond donors (Lipinski definition) is 0. The van der Waals surface area contributed by atoms with E-state index in [9.17, 15) is 4.79 Å². The topological polar surface area (TPSA) is 29.5 Å². The Labute approximate surface area is 161 Å². The van der Waals surface area contributed by atoms with Crippen LogP contribution in [0.2, 0.25) is 0 Å². The molecule has 4 rings (SSSR count). The number of amides is 1. The van der Waals surface area contributed by atoms with Crippen molar-refractivity contribution in [3.63, 3.8) is 0 Å². The van der Waals surface area contributed by atoms with Gasteiger partial charge in [0.1, 0.15) is 5.76 Å². The molecule has 2 heterocycles. The standard InChI is InChI=1S/C24H25NO2/c1-5-25-20-13-9-12-19(23(2,3)4)21(20)24(22(25)26)15-14-18(27-24)16-17-10-7-6-8-11-17/h6-16H,5H2,1-4H3/b18-16-. The minimum Gasteiger partial charge on any atom is -0.468 e. The molecular weight excluding hydrogens is 334 g/mol. The molecule has 0 aromatic heterocycles. The molecule has 3 heteroatoms. The molecule has 3 nitrogen and oxygen atoms in total. The van der Waals surface area contributed by atoms with Crippen LogP contribution < -0.4 is 4.90 Å². The Morgan fingerprint density at radius 2 is 1.81 bits per heavy atom. The molecule has 2 aliphatic heterocycles. The smallest absolute Gasteiger partial charge is 0.280 e. The van der Waals surface area contributed by atoms with Crippen LogP contribution in [0.4, 0.5) is 5.69 Å². The SMILES string of the molecule is CCN1C(=O)C2(C=C/C(=C/c3ccccc3)O2)c2c1cccc2C(C)(C)C. The molecule has 0 saturated carbocycles. The zero-order chi connectivity index (χ0) is 19.2. The summed E-state index contributed by atoms with van der Waals surface area (Å²) in [7, 11) is 0. The van der Waals surface area contributed by atoms with Crippen molar-refractivity contribution in [1.82, 2.24) is 0 Å². The number of carbonyl (C=O) groups excluding carboxylic acids is 1. The van der Waals surface area contributed by atoms with E-state index < -0.39 is 5.60 Å². The van der Waals surface area contributed by atoms with E-state index in [2.05, 4.69) is 26.8 Å². The highest BCUT2D eigenvalue weighted by Gasteiger charge is 2.55. The molecular formula is C24H25NO2. The average molecular weight is 359 g/mol. The van der Waals surface area contributed by atoms with E-state index in [0.29, 0.717) is 12.3 Å². The molecule has 0 saturated heterocycles. The predicted octanol–water partition coefficient (Wildman–Crippen LogP) is 5.17. The number of allylic oxidation sites excluding steroid dienone is 1. The van der Waals surface area contributed by atoms with Gasteiger partial charge < -0.3 is 9.64 Å². The summed E-state index contributed by atoms with van der Waals surface area (Å²) in [5.74, 6) is 0.701. The summed E-state index contributed by atoms with van der Waals surface area (Å²) in [4.78, 5) is 15.3. The average Bonchev–Trinajstić information content (AvgIpc) is 3.16. The lowest BCUT2D eigenvalue weighted by molar-refractivity contribution is -0.132. The van der Waals surface area contributed by atoms with Crippen LogP contribution in [0.15, 0.2) is 66.4 Å². The summed E-state index contributed by atoms with van der Waals surface area (Å²) in [6.45, 7) is 9.15. The molecule has 0 N–H and O–H groups in total. The van der Waals surface area contributed by atoms with E-state index in [1.807, 2.05) is 72.5 Å². The minimum atomic E-state index is -1.06. The lowest BCUT2D eigenvalue weighted by Gasteiger charge is -2.28. The molecule has 1 amide bonds. The highest BCUT2D eigenvalue weighted by Crippen LogP contribution is 2.51. The van der Waals surface area contributed by atoms with Crippen molar-refractivity contribution in [2.24, 2.45) is 0 Å². The van der Waals surface area contributed by atoms with Crippen LogP contribution >= 0.6 is 0 Å². The Balaban J connectivity index is 1.85. The Morgan fingerprint density at radius 3 is 2.48 bits per heavy atom. The fraction of sp³-hybridized carbons (Fsp3) is 0.292. The minimum absolute atomic E-state index is 0.00980. The highest BCUT2D eigenvalue weighted by molar-refractivity contribution is 6.09. The summed E-state index contributed by atoms with van der Waals surface area (Å²) >= 11 is 0. The molecule has 1 spiro atoms. The van der Waals surface area contributed by atoms with Crippen molar-refractivity contribution in [3.8, 4) is 0 Å². The van der Waals surface area contributed by atoms with E-state index in [1.165, 1.54) is 0 Å². The van der Waals surface area contributed by atoms with Crippen LogP contribution in [0.25, 0.3) is 6.08 Å². The number of hydrogen-bond acceptors (Lipinski definition) is 2. The van der Waals surface area contributed by atoms with Gasteiger partial charge in [0.2, 0.25) is 5.60 Å². The van der Waals surface area contributed by atoms with Crippen LogP contribution in [0.1, 0.15) is 44.4 Å². The van der Waals surface area contributed by atoms with Gasteiger partial charge in [0, 0.05) is 12.1 Å². The number of rotatable bonds is 2. The summed E-state index contributed by atoms with van der Waals surface area (Å²) in [5, 5.41) is 0. The van der Waals surface area contributed by atoms with Crippen molar-refractivity contribution in [3.05, 3.63) is 83.1 Å². The molecule has 0 fully saturated rings.